The molecule has 9 heteroatoms. The second-order valence-corrected chi connectivity index (χ2v) is 5.32. The van der Waals surface area contributed by atoms with E-state index in [1.165, 1.54) is 19.4 Å². The number of rotatable bonds is 7. The number of aromatic nitrogens is 1. The molecule has 19 heavy (non-hydrogen) atoms. The molecule has 1 aromatic heterocycles. The lowest BCUT2D eigenvalue weighted by molar-refractivity contribution is -0.120. The highest BCUT2D eigenvalue weighted by atomic mass is 32.2. The molecule has 0 saturated heterocycles. The predicted molar refractivity (Wildman–Crippen MR) is 68.7 cm³/mol. The van der Waals surface area contributed by atoms with Gasteiger partial charge in [-0.1, -0.05) is 0 Å². The van der Waals surface area contributed by atoms with Crippen LogP contribution < -0.4 is 15.8 Å². The number of anilines is 1. The lowest BCUT2D eigenvalue weighted by atomic mass is 10.4. The second-order valence-electron chi connectivity index (χ2n) is 3.58. The van der Waals surface area contributed by atoms with Gasteiger partial charge in [-0.25, -0.2) is 13.1 Å². The first-order chi connectivity index (χ1) is 8.97. The van der Waals surface area contributed by atoms with Gasteiger partial charge in [0.2, 0.25) is 15.9 Å². The van der Waals surface area contributed by atoms with Crippen molar-refractivity contribution in [2.75, 3.05) is 32.5 Å². The summed E-state index contributed by atoms with van der Waals surface area (Å²) in [5, 5.41) is 2.48. The number of nitrogens with two attached hydrogens (primary N) is 1. The van der Waals surface area contributed by atoms with E-state index in [1.807, 2.05) is 0 Å². The average Bonchev–Trinajstić information content (AvgIpc) is 2.37. The highest BCUT2D eigenvalue weighted by Gasteiger charge is 2.18. The molecular weight excluding hydrogens is 272 g/mol. The molecule has 0 unspecified atom stereocenters. The van der Waals surface area contributed by atoms with E-state index in [1.54, 1.807) is 0 Å². The number of amides is 1. The van der Waals surface area contributed by atoms with Gasteiger partial charge < -0.3 is 15.8 Å². The first-order valence-electron chi connectivity index (χ1n) is 5.42. The Morgan fingerprint density at radius 2 is 2.26 bits per heavy atom. The van der Waals surface area contributed by atoms with Gasteiger partial charge in [-0.15, -0.1) is 0 Å². The molecule has 4 N–H and O–H groups in total. The van der Waals surface area contributed by atoms with E-state index in [-0.39, 0.29) is 17.1 Å². The van der Waals surface area contributed by atoms with Crippen LogP contribution in [0.2, 0.25) is 0 Å². The molecule has 106 valence electrons. The van der Waals surface area contributed by atoms with Gasteiger partial charge >= 0.3 is 0 Å². The van der Waals surface area contributed by atoms with Crippen molar-refractivity contribution in [3.63, 3.8) is 0 Å². The summed E-state index contributed by atoms with van der Waals surface area (Å²) in [6, 6.07) is 1.37. The monoisotopic (exact) mass is 288 g/mol. The van der Waals surface area contributed by atoms with Crippen molar-refractivity contribution in [3.05, 3.63) is 18.5 Å². The maximum atomic E-state index is 11.9. The summed E-state index contributed by atoms with van der Waals surface area (Å²) in [5.74, 6) is -0.455. The van der Waals surface area contributed by atoms with Crippen molar-refractivity contribution in [1.29, 1.82) is 0 Å². The third-order valence-electron chi connectivity index (χ3n) is 2.16. The average molecular weight is 288 g/mol. The molecule has 0 fully saturated rings. The third kappa shape index (κ3) is 4.81. The maximum absolute atomic E-state index is 11.9. The Kier molecular flexibility index (Phi) is 5.67. The summed E-state index contributed by atoms with van der Waals surface area (Å²) in [4.78, 5) is 14.9. The van der Waals surface area contributed by atoms with Crippen LogP contribution in [0.5, 0.6) is 0 Å². The Balaban J connectivity index is 2.57. The molecule has 0 aliphatic heterocycles. The van der Waals surface area contributed by atoms with Crippen LogP contribution in [0.25, 0.3) is 0 Å². The van der Waals surface area contributed by atoms with Crippen LogP contribution >= 0.6 is 0 Å². The maximum Gasteiger partial charge on any atom is 0.244 e. The van der Waals surface area contributed by atoms with Gasteiger partial charge in [-0.2, -0.15) is 0 Å². The van der Waals surface area contributed by atoms with Crippen LogP contribution in [-0.4, -0.2) is 46.1 Å². The van der Waals surface area contributed by atoms with Crippen molar-refractivity contribution in [3.8, 4) is 0 Å². The Morgan fingerprint density at radius 3 is 2.89 bits per heavy atom. The standard InChI is InChI=1S/C10H16N4O4S/c1-18-5-4-13-10(15)7-14-19(16,17)9-6-12-3-2-8(9)11/h2-3,6,14H,4-5,7H2,1H3,(H2,11,12)(H,13,15). The summed E-state index contributed by atoms with van der Waals surface area (Å²) in [6.45, 7) is 0.292. The molecule has 0 aromatic carbocycles. The number of nitrogen functional groups attached to an aromatic ring is 1. The smallest absolute Gasteiger partial charge is 0.244 e. The number of carbonyl (C=O) groups excluding carboxylic acids is 1. The number of nitrogens with one attached hydrogen (secondary N) is 2. The highest BCUT2D eigenvalue weighted by molar-refractivity contribution is 7.89. The summed E-state index contributed by atoms with van der Waals surface area (Å²) in [5.41, 5.74) is 5.61. The number of hydrogen-bond donors (Lipinski definition) is 3. The Labute approximate surface area is 111 Å². The van der Waals surface area contributed by atoms with Gasteiger partial charge in [-0.05, 0) is 6.07 Å². The fraction of sp³-hybridized carbons (Fsp3) is 0.400. The molecule has 1 rings (SSSR count). The summed E-state index contributed by atoms with van der Waals surface area (Å²) < 4.78 is 30.6. The fourth-order valence-corrected chi connectivity index (χ4v) is 2.26. The van der Waals surface area contributed by atoms with Crippen LogP contribution in [-0.2, 0) is 19.6 Å². The number of pyridine rings is 1. The number of hydrogen-bond acceptors (Lipinski definition) is 6. The number of carbonyl (C=O) groups is 1. The molecule has 8 nitrogen and oxygen atoms in total. The van der Waals surface area contributed by atoms with Crippen molar-refractivity contribution in [2.45, 2.75) is 4.90 Å². The van der Waals surface area contributed by atoms with Crippen molar-refractivity contribution < 1.29 is 17.9 Å². The first kappa shape index (κ1) is 15.3. The molecule has 0 aliphatic carbocycles. The molecule has 0 saturated carbocycles. The molecule has 1 heterocycles. The predicted octanol–water partition coefficient (Wildman–Crippen LogP) is -1.30. The number of nitrogens with zero attached hydrogens (tertiary/aromatic N) is 1. The van der Waals surface area contributed by atoms with Crippen LogP contribution in [0.3, 0.4) is 0 Å². The minimum absolute atomic E-state index is 0.0716. The Hall–Kier alpha value is -1.71. The lowest BCUT2D eigenvalue weighted by Crippen LogP contribution is -2.38. The molecular formula is C10H16N4O4S. The van der Waals surface area contributed by atoms with E-state index in [0.717, 1.165) is 6.20 Å². The number of ether oxygens (including phenoxy) is 1. The molecule has 1 amide bonds. The van der Waals surface area contributed by atoms with E-state index >= 15 is 0 Å². The molecule has 0 aliphatic rings. The van der Waals surface area contributed by atoms with Gasteiger partial charge in [0.05, 0.1) is 18.8 Å². The Morgan fingerprint density at radius 1 is 1.53 bits per heavy atom. The number of sulfonamides is 1. The first-order valence-corrected chi connectivity index (χ1v) is 6.90. The normalized spacial score (nSPS) is 11.2. The molecule has 0 spiro atoms. The van der Waals surface area contributed by atoms with E-state index in [2.05, 4.69) is 15.0 Å². The summed E-state index contributed by atoms with van der Waals surface area (Å²) in [7, 11) is -2.35. The van der Waals surface area contributed by atoms with E-state index in [0.29, 0.717) is 13.2 Å². The van der Waals surface area contributed by atoms with Gasteiger partial charge in [0.1, 0.15) is 4.90 Å². The molecule has 0 atom stereocenters. The minimum Gasteiger partial charge on any atom is -0.398 e. The largest absolute Gasteiger partial charge is 0.398 e. The van der Waals surface area contributed by atoms with Gasteiger partial charge in [0, 0.05) is 26.0 Å². The topological polar surface area (TPSA) is 123 Å². The number of methoxy groups -OCH3 is 1. The van der Waals surface area contributed by atoms with Crippen LogP contribution in [0.15, 0.2) is 23.4 Å². The summed E-state index contributed by atoms with van der Waals surface area (Å²) in [6.07, 6.45) is 2.51. The third-order valence-corrected chi connectivity index (χ3v) is 3.60. The zero-order valence-corrected chi connectivity index (χ0v) is 11.2. The van der Waals surface area contributed by atoms with Crippen LogP contribution in [0.1, 0.15) is 0 Å². The quantitative estimate of drug-likeness (QED) is 0.536. The van der Waals surface area contributed by atoms with Gasteiger partial charge in [0.15, 0.2) is 0 Å². The van der Waals surface area contributed by atoms with Gasteiger partial charge in [0.25, 0.3) is 0 Å². The van der Waals surface area contributed by atoms with Crippen molar-refractivity contribution in [1.82, 2.24) is 15.0 Å². The highest BCUT2D eigenvalue weighted by Crippen LogP contribution is 2.14. The molecule has 0 radical (unpaired) electrons. The van der Waals surface area contributed by atoms with E-state index < -0.39 is 15.9 Å². The Bertz CT molecular complexity index is 532. The molecule has 1 aromatic rings. The fourth-order valence-electron chi connectivity index (χ4n) is 1.21. The van der Waals surface area contributed by atoms with E-state index in [4.69, 9.17) is 10.5 Å². The minimum atomic E-state index is -3.85. The summed E-state index contributed by atoms with van der Waals surface area (Å²) >= 11 is 0. The van der Waals surface area contributed by atoms with Crippen molar-refractivity contribution in [2.24, 2.45) is 0 Å². The lowest BCUT2D eigenvalue weighted by Gasteiger charge is -2.08. The van der Waals surface area contributed by atoms with Gasteiger partial charge in [-0.3, -0.25) is 9.78 Å². The van der Waals surface area contributed by atoms with Crippen LogP contribution in [0, 0.1) is 0 Å². The second kappa shape index (κ2) is 7.02. The van der Waals surface area contributed by atoms with Crippen molar-refractivity contribution >= 4 is 21.6 Å². The zero-order valence-electron chi connectivity index (χ0n) is 10.4. The SMILES string of the molecule is COCCNC(=O)CNS(=O)(=O)c1cnccc1N. The molecule has 0 bridgehead atoms. The van der Waals surface area contributed by atoms with Crippen LogP contribution in [0.4, 0.5) is 5.69 Å². The zero-order chi connectivity index (χ0) is 14.3. The van der Waals surface area contributed by atoms with E-state index in [9.17, 15) is 13.2 Å².